The van der Waals surface area contributed by atoms with Gasteiger partial charge in [-0.15, -0.1) is 0 Å². The van der Waals surface area contributed by atoms with Crippen molar-refractivity contribution in [1.29, 1.82) is 0 Å². The first-order valence-electron chi connectivity index (χ1n) is 6.83. The zero-order valence-corrected chi connectivity index (χ0v) is 11.8. The van der Waals surface area contributed by atoms with Crippen molar-refractivity contribution in [1.82, 2.24) is 15.0 Å². The molecule has 104 valence electrons. The van der Waals surface area contributed by atoms with Crippen molar-refractivity contribution in [2.75, 3.05) is 0 Å². The fraction of sp³-hybridized carbons (Fsp3) is 0.118. The van der Waals surface area contributed by atoms with Crippen LogP contribution in [-0.4, -0.2) is 15.0 Å². The Morgan fingerprint density at radius 1 is 0.952 bits per heavy atom. The Hall–Kier alpha value is -2.59. The molecule has 2 aromatic heterocycles. The highest BCUT2D eigenvalue weighted by molar-refractivity contribution is 5.61. The fourth-order valence-electron chi connectivity index (χ4n) is 2.08. The van der Waals surface area contributed by atoms with E-state index in [-0.39, 0.29) is 0 Å². The van der Waals surface area contributed by atoms with E-state index >= 15 is 0 Å². The van der Waals surface area contributed by atoms with Gasteiger partial charge in [-0.05, 0) is 25.1 Å². The molecule has 0 aliphatic rings. The molecule has 3 aromatic rings. The summed E-state index contributed by atoms with van der Waals surface area (Å²) in [6.45, 7) is 2.43. The van der Waals surface area contributed by atoms with Crippen molar-refractivity contribution < 1.29 is 0 Å². The van der Waals surface area contributed by atoms with E-state index in [9.17, 15) is 0 Å². The van der Waals surface area contributed by atoms with Crippen LogP contribution in [0.1, 0.15) is 11.3 Å². The van der Waals surface area contributed by atoms with Crippen LogP contribution in [0.3, 0.4) is 0 Å². The topological polar surface area (TPSA) is 64.7 Å². The second kappa shape index (κ2) is 5.81. The van der Waals surface area contributed by atoms with Gasteiger partial charge >= 0.3 is 0 Å². The number of hydrogen-bond acceptors (Lipinski definition) is 4. The first kappa shape index (κ1) is 13.4. The summed E-state index contributed by atoms with van der Waals surface area (Å²) in [5, 5.41) is 0. The lowest BCUT2D eigenvalue weighted by Gasteiger charge is -2.07. The monoisotopic (exact) mass is 276 g/mol. The van der Waals surface area contributed by atoms with Crippen LogP contribution < -0.4 is 5.73 Å². The summed E-state index contributed by atoms with van der Waals surface area (Å²) in [5.74, 6) is 0.679. The van der Waals surface area contributed by atoms with E-state index in [1.807, 2.05) is 48.5 Å². The van der Waals surface area contributed by atoms with Gasteiger partial charge in [0.05, 0.1) is 17.1 Å². The Balaban J connectivity index is 2.11. The van der Waals surface area contributed by atoms with Crippen LogP contribution in [0.2, 0.25) is 0 Å². The lowest BCUT2D eigenvalue weighted by molar-refractivity contribution is 0.970. The molecule has 4 nitrogen and oxygen atoms in total. The molecule has 21 heavy (non-hydrogen) atoms. The quantitative estimate of drug-likeness (QED) is 0.798. The maximum atomic E-state index is 5.76. The second-order valence-corrected chi connectivity index (χ2v) is 4.85. The second-order valence-electron chi connectivity index (χ2n) is 4.85. The third-order valence-corrected chi connectivity index (χ3v) is 3.23. The smallest absolute Gasteiger partial charge is 0.160 e. The summed E-state index contributed by atoms with van der Waals surface area (Å²) in [4.78, 5) is 13.5. The molecule has 0 saturated heterocycles. The predicted octanol–water partition coefficient (Wildman–Crippen LogP) is 2.97. The first-order chi connectivity index (χ1) is 10.3. The van der Waals surface area contributed by atoms with E-state index in [1.54, 1.807) is 6.20 Å². The molecule has 0 radical (unpaired) electrons. The highest BCUT2D eigenvalue weighted by Crippen LogP contribution is 2.21. The van der Waals surface area contributed by atoms with Crippen LogP contribution >= 0.6 is 0 Å². The molecule has 0 bridgehead atoms. The Bertz CT molecular complexity index is 736. The summed E-state index contributed by atoms with van der Waals surface area (Å²) < 4.78 is 0. The number of pyridine rings is 1. The van der Waals surface area contributed by atoms with Crippen molar-refractivity contribution in [2.24, 2.45) is 5.73 Å². The van der Waals surface area contributed by atoms with Crippen LogP contribution in [0.4, 0.5) is 0 Å². The highest BCUT2D eigenvalue weighted by atomic mass is 14.9. The van der Waals surface area contributed by atoms with Crippen molar-refractivity contribution in [3.63, 3.8) is 0 Å². The van der Waals surface area contributed by atoms with E-state index in [0.29, 0.717) is 12.4 Å². The Kier molecular flexibility index (Phi) is 3.71. The maximum absolute atomic E-state index is 5.76. The first-order valence-corrected chi connectivity index (χ1v) is 6.83. The number of hydrogen-bond donors (Lipinski definition) is 1. The molecule has 0 atom stereocenters. The summed E-state index contributed by atoms with van der Waals surface area (Å²) in [6.07, 6.45) is 1.76. The van der Waals surface area contributed by atoms with Gasteiger partial charge in [0.25, 0.3) is 0 Å². The van der Waals surface area contributed by atoms with Crippen molar-refractivity contribution in [3.05, 3.63) is 66.0 Å². The number of nitrogens with two attached hydrogens (primary N) is 1. The number of aryl methyl sites for hydroxylation is 1. The molecule has 0 spiro atoms. The van der Waals surface area contributed by atoms with Gasteiger partial charge in [-0.3, -0.25) is 4.98 Å². The molecule has 2 heterocycles. The van der Waals surface area contributed by atoms with Gasteiger partial charge in [0.1, 0.15) is 0 Å². The maximum Gasteiger partial charge on any atom is 0.160 e. The van der Waals surface area contributed by atoms with E-state index in [0.717, 1.165) is 22.6 Å². The van der Waals surface area contributed by atoms with Gasteiger partial charge < -0.3 is 5.73 Å². The van der Waals surface area contributed by atoms with Gasteiger partial charge in [0.15, 0.2) is 5.82 Å². The molecule has 0 amide bonds. The van der Waals surface area contributed by atoms with E-state index in [1.165, 1.54) is 5.56 Å². The van der Waals surface area contributed by atoms with Crippen LogP contribution in [0.5, 0.6) is 0 Å². The number of aromatic nitrogens is 3. The van der Waals surface area contributed by atoms with E-state index in [2.05, 4.69) is 21.9 Å². The molecule has 4 heteroatoms. The van der Waals surface area contributed by atoms with Crippen LogP contribution in [0.15, 0.2) is 54.7 Å². The Labute approximate surface area is 123 Å². The average Bonchev–Trinajstić information content (AvgIpc) is 2.56. The predicted molar refractivity (Wildman–Crippen MR) is 83.3 cm³/mol. The molecular weight excluding hydrogens is 260 g/mol. The minimum Gasteiger partial charge on any atom is -0.325 e. The Morgan fingerprint density at radius 3 is 2.43 bits per heavy atom. The van der Waals surface area contributed by atoms with Gasteiger partial charge in [-0.1, -0.05) is 35.9 Å². The Morgan fingerprint density at radius 2 is 1.76 bits per heavy atom. The minimum absolute atomic E-state index is 0.376. The average molecular weight is 276 g/mol. The SMILES string of the molecule is Cc1ccc(-c2nc(CN)cc(-c3ccccn3)n2)cc1. The molecule has 0 aliphatic carbocycles. The standard InChI is InChI=1S/C17H16N4/c1-12-5-7-13(8-6-12)17-20-14(11-18)10-16(21-17)15-4-2-3-9-19-15/h2-10H,11,18H2,1H3. The minimum atomic E-state index is 0.376. The van der Waals surface area contributed by atoms with Gasteiger partial charge in [0, 0.05) is 18.3 Å². The van der Waals surface area contributed by atoms with Crippen molar-refractivity contribution in [2.45, 2.75) is 13.5 Å². The lowest BCUT2D eigenvalue weighted by atomic mass is 10.1. The van der Waals surface area contributed by atoms with Gasteiger partial charge in [0.2, 0.25) is 0 Å². The number of nitrogens with zero attached hydrogens (tertiary/aromatic N) is 3. The molecule has 0 unspecified atom stereocenters. The molecule has 1 aromatic carbocycles. The third kappa shape index (κ3) is 2.95. The van der Waals surface area contributed by atoms with Crippen LogP contribution in [0.25, 0.3) is 22.8 Å². The summed E-state index contributed by atoms with van der Waals surface area (Å²) in [7, 11) is 0. The zero-order chi connectivity index (χ0) is 14.7. The summed E-state index contributed by atoms with van der Waals surface area (Å²) in [6, 6.07) is 15.8. The summed E-state index contributed by atoms with van der Waals surface area (Å²) in [5.41, 5.74) is 10.4. The van der Waals surface area contributed by atoms with E-state index in [4.69, 9.17) is 5.73 Å². The third-order valence-electron chi connectivity index (χ3n) is 3.23. The molecular formula is C17H16N4. The number of rotatable bonds is 3. The molecule has 3 rings (SSSR count). The zero-order valence-electron chi connectivity index (χ0n) is 11.8. The number of benzene rings is 1. The molecule has 0 aliphatic heterocycles. The van der Waals surface area contributed by atoms with Gasteiger partial charge in [-0.2, -0.15) is 0 Å². The largest absolute Gasteiger partial charge is 0.325 e. The molecule has 0 saturated carbocycles. The molecule has 0 fully saturated rings. The fourth-order valence-corrected chi connectivity index (χ4v) is 2.08. The normalized spacial score (nSPS) is 10.6. The van der Waals surface area contributed by atoms with Crippen LogP contribution in [0, 0.1) is 6.92 Å². The lowest BCUT2D eigenvalue weighted by Crippen LogP contribution is -2.04. The molecule has 2 N–H and O–H groups in total. The van der Waals surface area contributed by atoms with Gasteiger partial charge in [-0.25, -0.2) is 9.97 Å². The van der Waals surface area contributed by atoms with Crippen molar-refractivity contribution >= 4 is 0 Å². The highest BCUT2D eigenvalue weighted by Gasteiger charge is 2.08. The summed E-state index contributed by atoms with van der Waals surface area (Å²) >= 11 is 0. The van der Waals surface area contributed by atoms with E-state index < -0.39 is 0 Å². The van der Waals surface area contributed by atoms with Crippen molar-refractivity contribution in [3.8, 4) is 22.8 Å². The van der Waals surface area contributed by atoms with Crippen LogP contribution in [-0.2, 0) is 6.54 Å².